The fourth-order valence-corrected chi connectivity index (χ4v) is 2.59. The van der Waals surface area contributed by atoms with Crippen molar-refractivity contribution < 1.29 is 14.3 Å². The SMILES string of the molecule is COC(=O)c1cc(OCc2ccccc2)c2cccc(C)c2c1. The average Bonchev–Trinajstić information content (AvgIpc) is 2.60. The third-order valence-electron chi connectivity index (χ3n) is 3.83. The number of aryl methyl sites for hydroxylation is 1. The molecule has 3 aromatic carbocycles. The van der Waals surface area contributed by atoms with Gasteiger partial charge in [0.25, 0.3) is 0 Å². The number of hydrogen-bond acceptors (Lipinski definition) is 3. The number of benzene rings is 3. The molecule has 116 valence electrons. The second kappa shape index (κ2) is 6.53. The Morgan fingerprint density at radius 2 is 1.74 bits per heavy atom. The Labute approximate surface area is 135 Å². The number of carbonyl (C=O) groups excluding carboxylic acids is 1. The molecule has 0 N–H and O–H groups in total. The predicted octanol–water partition coefficient (Wildman–Crippen LogP) is 4.51. The van der Waals surface area contributed by atoms with Crippen molar-refractivity contribution in [2.45, 2.75) is 13.5 Å². The minimum atomic E-state index is -0.361. The first-order valence-electron chi connectivity index (χ1n) is 7.47. The Balaban J connectivity index is 2.03. The van der Waals surface area contributed by atoms with Gasteiger partial charge in [0, 0.05) is 5.39 Å². The fourth-order valence-electron chi connectivity index (χ4n) is 2.59. The second-order valence-corrected chi connectivity index (χ2v) is 5.41. The van der Waals surface area contributed by atoms with Crippen LogP contribution in [0.4, 0.5) is 0 Å². The summed E-state index contributed by atoms with van der Waals surface area (Å²) in [7, 11) is 1.38. The Morgan fingerprint density at radius 3 is 2.48 bits per heavy atom. The smallest absolute Gasteiger partial charge is 0.338 e. The van der Waals surface area contributed by atoms with E-state index >= 15 is 0 Å². The van der Waals surface area contributed by atoms with Crippen LogP contribution >= 0.6 is 0 Å². The molecule has 0 fully saturated rings. The first kappa shape index (κ1) is 15.1. The van der Waals surface area contributed by atoms with E-state index in [2.05, 4.69) is 0 Å². The molecule has 0 aromatic heterocycles. The Bertz CT molecular complexity index is 838. The number of carbonyl (C=O) groups is 1. The third kappa shape index (κ3) is 3.19. The number of rotatable bonds is 4. The summed E-state index contributed by atoms with van der Waals surface area (Å²) in [5.74, 6) is 0.329. The van der Waals surface area contributed by atoms with E-state index in [1.807, 2.05) is 61.5 Å². The standard InChI is InChI=1S/C20H18O3/c1-14-7-6-10-17-18(14)11-16(20(21)22-2)12-19(17)23-13-15-8-4-3-5-9-15/h3-12H,13H2,1-2H3. The molecule has 3 aromatic rings. The molecule has 0 aliphatic heterocycles. The molecular formula is C20H18O3. The number of hydrogen-bond donors (Lipinski definition) is 0. The molecule has 0 saturated carbocycles. The molecule has 0 atom stereocenters. The molecule has 0 aliphatic rings. The second-order valence-electron chi connectivity index (χ2n) is 5.41. The third-order valence-corrected chi connectivity index (χ3v) is 3.83. The van der Waals surface area contributed by atoms with Crippen molar-refractivity contribution >= 4 is 16.7 Å². The molecule has 0 radical (unpaired) electrons. The molecule has 0 heterocycles. The lowest BCUT2D eigenvalue weighted by atomic mass is 10.0. The van der Waals surface area contributed by atoms with Gasteiger partial charge in [0.15, 0.2) is 0 Å². The molecule has 0 bridgehead atoms. The summed E-state index contributed by atoms with van der Waals surface area (Å²) in [5, 5.41) is 1.99. The summed E-state index contributed by atoms with van der Waals surface area (Å²) >= 11 is 0. The fraction of sp³-hybridized carbons (Fsp3) is 0.150. The predicted molar refractivity (Wildman–Crippen MR) is 90.8 cm³/mol. The maximum atomic E-state index is 11.9. The average molecular weight is 306 g/mol. The van der Waals surface area contributed by atoms with Crippen LogP contribution in [-0.4, -0.2) is 13.1 Å². The topological polar surface area (TPSA) is 35.5 Å². The van der Waals surface area contributed by atoms with Crippen molar-refractivity contribution in [1.29, 1.82) is 0 Å². The highest BCUT2D eigenvalue weighted by molar-refractivity contribution is 5.99. The van der Waals surface area contributed by atoms with Gasteiger partial charge in [-0.2, -0.15) is 0 Å². The van der Waals surface area contributed by atoms with Gasteiger partial charge in [0.1, 0.15) is 12.4 Å². The molecule has 3 rings (SSSR count). The molecule has 0 spiro atoms. The quantitative estimate of drug-likeness (QED) is 0.665. The van der Waals surface area contributed by atoms with Gasteiger partial charge in [0.05, 0.1) is 12.7 Å². The van der Waals surface area contributed by atoms with Crippen LogP contribution in [-0.2, 0) is 11.3 Å². The van der Waals surface area contributed by atoms with Crippen LogP contribution in [0, 0.1) is 6.92 Å². The molecule has 0 amide bonds. The molecular weight excluding hydrogens is 288 g/mol. The molecule has 3 heteroatoms. The molecule has 0 saturated heterocycles. The van der Waals surface area contributed by atoms with Gasteiger partial charge in [-0.25, -0.2) is 4.79 Å². The van der Waals surface area contributed by atoms with E-state index < -0.39 is 0 Å². The first-order chi connectivity index (χ1) is 11.2. The van der Waals surface area contributed by atoms with Crippen LogP contribution in [0.25, 0.3) is 10.8 Å². The summed E-state index contributed by atoms with van der Waals surface area (Å²) in [6, 6.07) is 19.6. The number of methoxy groups -OCH3 is 1. The van der Waals surface area contributed by atoms with E-state index in [9.17, 15) is 4.79 Å². The van der Waals surface area contributed by atoms with E-state index in [1.54, 1.807) is 6.07 Å². The number of ether oxygens (including phenoxy) is 2. The van der Waals surface area contributed by atoms with Crippen LogP contribution in [0.5, 0.6) is 5.75 Å². The van der Waals surface area contributed by atoms with E-state index in [0.717, 1.165) is 21.9 Å². The summed E-state index contributed by atoms with van der Waals surface area (Å²) in [6.07, 6.45) is 0. The molecule has 0 aliphatic carbocycles. The lowest BCUT2D eigenvalue weighted by Gasteiger charge is -2.13. The molecule has 23 heavy (non-hydrogen) atoms. The van der Waals surface area contributed by atoms with E-state index in [1.165, 1.54) is 7.11 Å². The van der Waals surface area contributed by atoms with Crippen LogP contribution in [0.2, 0.25) is 0 Å². The van der Waals surface area contributed by atoms with Crippen molar-refractivity contribution in [3.8, 4) is 5.75 Å². The Hall–Kier alpha value is -2.81. The van der Waals surface area contributed by atoms with Gasteiger partial charge in [0.2, 0.25) is 0 Å². The van der Waals surface area contributed by atoms with Crippen molar-refractivity contribution in [1.82, 2.24) is 0 Å². The Kier molecular flexibility index (Phi) is 4.29. The summed E-state index contributed by atoms with van der Waals surface area (Å²) < 4.78 is 10.8. The normalized spacial score (nSPS) is 10.5. The Morgan fingerprint density at radius 1 is 0.957 bits per heavy atom. The first-order valence-corrected chi connectivity index (χ1v) is 7.47. The highest BCUT2D eigenvalue weighted by atomic mass is 16.5. The van der Waals surface area contributed by atoms with E-state index in [0.29, 0.717) is 17.9 Å². The van der Waals surface area contributed by atoms with Crippen LogP contribution in [0.15, 0.2) is 60.7 Å². The van der Waals surface area contributed by atoms with Crippen molar-refractivity contribution in [2.24, 2.45) is 0 Å². The maximum absolute atomic E-state index is 11.9. The van der Waals surface area contributed by atoms with Crippen LogP contribution < -0.4 is 4.74 Å². The van der Waals surface area contributed by atoms with Crippen molar-refractivity contribution in [3.63, 3.8) is 0 Å². The summed E-state index contributed by atoms with van der Waals surface area (Å²) in [5.41, 5.74) is 2.67. The monoisotopic (exact) mass is 306 g/mol. The van der Waals surface area contributed by atoms with E-state index in [4.69, 9.17) is 9.47 Å². The zero-order valence-electron chi connectivity index (χ0n) is 13.2. The minimum Gasteiger partial charge on any atom is -0.488 e. The van der Waals surface area contributed by atoms with E-state index in [-0.39, 0.29) is 5.97 Å². The van der Waals surface area contributed by atoms with Gasteiger partial charge in [-0.05, 0) is 35.6 Å². The summed E-state index contributed by atoms with van der Waals surface area (Å²) in [4.78, 5) is 11.9. The zero-order valence-corrected chi connectivity index (χ0v) is 13.2. The van der Waals surface area contributed by atoms with Gasteiger partial charge in [-0.15, -0.1) is 0 Å². The maximum Gasteiger partial charge on any atom is 0.338 e. The van der Waals surface area contributed by atoms with Crippen molar-refractivity contribution in [2.75, 3.05) is 7.11 Å². The summed E-state index contributed by atoms with van der Waals surface area (Å²) in [6.45, 7) is 2.47. The van der Waals surface area contributed by atoms with Gasteiger partial charge >= 0.3 is 5.97 Å². The van der Waals surface area contributed by atoms with Crippen LogP contribution in [0.1, 0.15) is 21.5 Å². The van der Waals surface area contributed by atoms with Crippen molar-refractivity contribution in [3.05, 3.63) is 77.4 Å². The highest BCUT2D eigenvalue weighted by Crippen LogP contribution is 2.30. The molecule has 0 unspecified atom stereocenters. The largest absolute Gasteiger partial charge is 0.488 e. The van der Waals surface area contributed by atoms with Gasteiger partial charge in [-0.3, -0.25) is 0 Å². The zero-order chi connectivity index (χ0) is 16.2. The highest BCUT2D eigenvalue weighted by Gasteiger charge is 2.12. The molecule has 3 nitrogen and oxygen atoms in total. The minimum absolute atomic E-state index is 0.361. The van der Waals surface area contributed by atoms with Gasteiger partial charge < -0.3 is 9.47 Å². The lowest BCUT2D eigenvalue weighted by molar-refractivity contribution is 0.0600. The van der Waals surface area contributed by atoms with Gasteiger partial charge in [-0.1, -0.05) is 48.5 Å². The lowest BCUT2D eigenvalue weighted by Crippen LogP contribution is -2.03. The number of esters is 1. The number of fused-ring (bicyclic) bond motifs is 1. The van der Waals surface area contributed by atoms with Crippen LogP contribution in [0.3, 0.4) is 0 Å².